The molecule has 0 bridgehead atoms. The van der Waals surface area contributed by atoms with E-state index in [0.29, 0.717) is 0 Å². The molecule has 1 unspecified atom stereocenters. The van der Waals surface area contributed by atoms with Crippen molar-refractivity contribution in [3.8, 4) is 55.6 Å². The topological polar surface area (TPSA) is 0 Å². The van der Waals surface area contributed by atoms with Crippen LogP contribution < -0.4 is 0 Å². The third-order valence-corrected chi connectivity index (χ3v) is 13.0. The van der Waals surface area contributed by atoms with Gasteiger partial charge in [-0.25, -0.2) is 0 Å². The lowest BCUT2D eigenvalue weighted by Gasteiger charge is -2.31. The summed E-state index contributed by atoms with van der Waals surface area (Å²) >= 11 is 1.88. The average molecular weight is 675 g/mol. The molecule has 3 aliphatic rings. The standard InChI is InChI=1S/C51H30S/c1-2-10-35-29-47-42(27-34(35)9-1)39-14-4-6-17-45(39)51(47)44-16-5-3-13-38(44)40-25-23-37(30-46(40)51)32-21-19-31(20-22-32)36-24-26-48-43(28-36)41-15-7-11-33-12-8-18-49(52-48)50(33)41/h1-30H. The van der Waals surface area contributed by atoms with Crippen LogP contribution in [0.2, 0.25) is 0 Å². The van der Waals surface area contributed by atoms with Crippen molar-refractivity contribution in [3.05, 3.63) is 204 Å². The Morgan fingerprint density at radius 1 is 0.288 bits per heavy atom. The molecule has 0 N–H and O–H groups in total. The van der Waals surface area contributed by atoms with Crippen LogP contribution in [0, 0.1) is 0 Å². The van der Waals surface area contributed by atoms with Crippen LogP contribution >= 0.6 is 11.8 Å². The first-order chi connectivity index (χ1) is 25.8. The highest BCUT2D eigenvalue weighted by atomic mass is 32.2. The van der Waals surface area contributed by atoms with Gasteiger partial charge in [-0.2, -0.15) is 0 Å². The van der Waals surface area contributed by atoms with Crippen LogP contribution in [0.3, 0.4) is 0 Å². The lowest BCUT2D eigenvalue weighted by Crippen LogP contribution is -2.25. The maximum atomic E-state index is 2.49. The summed E-state index contributed by atoms with van der Waals surface area (Å²) in [7, 11) is 0. The first-order valence-electron chi connectivity index (χ1n) is 18.1. The van der Waals surface area contributed by atoms with Gasteiger partial charge in [0.05, 0.1) is 5.41 Å². The second-order valence-corrected chi connectivity index (χ2v) is 15.5. The molecular weight excluding hydrogens is 645 g/mol. The van der Waals surface area contributed by atoms with Crippen molar-refractivity contribution in [1.29, 1.82) is 0 Å². The van der Waals surface area contributed by atoms with E-state index in [1.807, 2.05) is 11.8 Å². The lowest BCUT2D eigenvalue weighted by atomic mass is 9.70. The van der Waals surface area contributed by atoms with Crippen molar-refractivity contribution in [3.63, 3.8) is 0 Å². The third-order valence-electron chi connectivity index (χ3n) is 11.9. The van der Waals surface area contributed by atoms with Crippen molar-refractivity contribution in [2.24, 2.45) is 0 Å². The Bertz CT molecular complexity index is 2980. The number of fused-ring (bicyclic) bond motifs is 13. The summed E-state index contributed by atoms with van der Waals surface area (Å²) in [6.45, 7) is 0. The van der Waals surface area contributed by atoms with Gasteiger partial charge in [0.1, 0.15) is 0 Å². The van der Waals surface area contributed by atoms with E-state index in [-0.39, 0.29) is 5.41 Å². The Balaban J connectivity index is 0.999. The predicted molar refractivity (Wildman–Crippen MR) is 218 cm³/mol. The molecule has 0 aromatic heterocycles. The Kier molecular flexibility index (Phi) is 5.73. The van der Waals surface area contributed by atoms with E-state index in [4.69, 9.17) is 0 Å². The molecule has 0 saturated carbocycles. The van der Waals surface area contributed by atoms with Crippen LogP contribution in [0.5, 0.6) is 0 Å². The van der Waals surface area contributed by atoms with E-state index in [9.17, 15) is 0 Å². The molecule has 0 saturated heterocycles. The molecule has 1 aliphatic heterocycles. The van der Waals surface area contributed by atoms with E-state index >= 15 is 0 Å². The predicted octanol–water partition coefficient (Wildman–Crippen LogP) is 13.8. The van der Waals surface area contributed by atoms with Crippen LogP contribution in [0.25, 0.3) is 77.2 Å². The van der Waals surface area contributed by atoms with Gasteiger partial charge in [-0.1, -0.05) is 157 Å². The van der Waals surface area contributed by atoms with Crippen molar-refractivity contribution >= 4 is 33.3 Å². The minimum atomic E-state index is -0.375. The van der Waals surface area contributed by atoms with E-state index in [0.717, 1.165) is 0 Å². The van der Waals surface area contributed by atoms with Crippen LogP contribution in [0.15, 0.2) is 192 Å². The van der Waals surface area contributed by atoms with Gasteiger partial charge in [0.2, 0.25) is 0 Å². The Morgan fingerprint density at radius 3 is 1.60 bits per heavy atom. The maximum absolute atomic E-state index is 2.49. The Hall–Kier alpha value is -6.15. The number of hydrogen-bond acceptors (Lipinski definition) is 1. The second-order valence-electron chi connectivity index (χ2n) is 14.4. The zero-order valence-electron chi connectivity index (χ0n) is 28.2. The first-order valence-corrected chi connectivity index (χ1v) is 18.9. The van der Waals surface area contributed by atoms with Crippen molar-refractivity contribution in [2.45, 2.75) is 15.2 Å². The fraction of sp³-hybridized carbons (Fsp3) is 0.0196. The molecule has 0 nitrogen and oxygen atoms in total. The normalized spacial score (nSPS) is 15.7. The molecule has 9 aromatic rings. The smallest absolute Gasteiger partial charge is 0.0725 e. The highest BCUT2D eigenvalue weighted by Gasteiger charge is 2.51. The Morgan fingerprint density at radius 2 is 0.827 bits per heavy atom. The molecule has 240 valence electrons. The molecule has 0 radical (unpaired) electrons. The van der Waals surface area contributed by atoms with Crippen molar-refractivity contribution in [2.75, 3.05) is 0 Å². The van der Waals surface area contributed by atoms with Gasteiger partial charge >= 0.3 is 0 Å². The number of rotatable bonds is 2. The fourth-order valence-electron chi connectivity index (χ4n) is 9.60. The minimum Gasteiger partial charge on any atom is -0.0888 e. The van der Waals surface area contributed by atoms with Gasteiger partial charge in [-0.15, -0.1) is 0 Å². The van der Waals surface area contributed by atoms with Gasteiger partial charge in [-0.05, 0) is 130 Å². The summed E-state index contributed by atoms with van der Waals surface area (Å²) in [6.07, 6.45) is 0. The minimum absolute atomic E-state index is 0.375. The lowest BCUT2D eigenvalue weighted by molar-refractivity contribution is 0.795. The summed E-state index contributed by atoms with van der Waals surface area (Å²) in [5.41, 5.74) is 18.1. The molecule has 1 atom stereocenters. The first kappa shape index (κ1) is 28.5. The summed E-state index contributed by atoms with van der Waals surface area (Å²) in [5, 5.41) is 5.24. The SMILES string of the molecule is c1ccc2c(c1)-c1ccc(-c3ccc(-c4ccc5c(c4)-c4cccc6cccc(c46)S5)cc3)cc1C21c2ccccc2-c2cc3ccccc3cc21. The third kappa shape index (κ3) is 3.73. The Labute approximate surface area is 307 Å². The van der Waals surface area contributed by atoms with Crippen LogP contribution in [-0.2, 0) is 5.41 Å². The summed E-state index contributed by atoms with van der Waals surface area (Å²) in [5.74, 6) is 0. The maximum Gasteiger partial charge on any atom is 0.0725 e. The average Bonchev–Trinajstić information content (AvgIpc) is 3.66. The van der Waals surface area contributed by atoms with E-state index in [1.165, 1.54) is 109 Å². The van der Waals surface area contributed by atoms with Crippen molar-refractivity contribution < 1.29 is 0 Å². The molecule has 0 fully saturated rings. The second kappa shape index (κ2) is 10.4. The molecule has 1 spiro atoms. The molecule has 12 rings (SSSR count). The van der Waals surface area contributed by atoms with Gasteiger partial charge in [0.15, 0.2) is 0 Å². The highest BCUT2D eigenvalue weighted by molar-refractivity contribution is 7.99. The number of hydrogen-bond donors (Lipinski definition) is 0. The highest BCUT2D eigenvalue weighted by Crippen LogP contribution is 2.63. The monoisotopic (exact) mass is 674 g/mol. The zero-order chi connectivity index (χ0) is 34.0. The van der Waals surface area contributed by atoms with Crippen LogP contribution in [0.1, 0.15) is 22.3 Å². The van der Waals surface area contributed by atoms with Gasteiger partial charge in [-0.3, -0.25) is 0 Å². The van der Waals surface area contributed by atoms with Crippen LogP contribution in [0.4, 0.5) is 0 Å². The van der Waals surface area contributed by atoms with E-state index in [2.05, 4.69) is 182 Å². The van der Waals surface area contributed by atoms with Gasteiger partial charge < -0.3 is 0 Å². The fourth-order valence-corrected chi connectivity index (χ4v) is 10.7. The van der Waals surface area contributed by atoms with Crippen molar-refractivity contribution in [1.82, 2.24) is 0 Å². The molecule has 1 heterocycles. The quantitative estimate of drug-likeness (QED) is 0.176. The van der Waals surface area contributed by atoms with Crippen LogP contribution in [-0.4, -0.2) is 0 Å². The molecule has 2 aliphatic carbocycles. The molecule has 9 aromatic carbocycles. The van der Waals surface area contributed by atoms with Gasteiger partial charge in [0, 0.05) is 15.2 Å². The molecule has 1 heteroatoms. The summed E-state index contributed by atoms with van der Waals surface area (Å²) in [4.78, 5) is 2.66. The molecular formula is C51H30S. The largest absolute Gasteiger partial charge is 0.0888 e. The zero-order valence-corrected chi connectivity index (χ0v) is 29.0. The van der Waals surface area contributed by atoms with Gasteiger partial charge in [0.25, 0.3) is 0 Å². The van der Waals surface area contributed by atoms with E-state index in [1.54, 1.807) is 0 Å². The summed E-state index contributed by atoms with van der Waals surface area (Å²) < 4.78 is 0. The van der Waals surface area contributed by atoms with E-state index < -0.39 is 0 Å². The molecule has 52 heavy (non-hydrogen) atoms. The number of benzene rings is 9. The molecule has 0 amide bonds. The summed E-state index contributed by atoms with van der Waals surface area (Å²) in [6, 6.07) is 68.5.